The summed E-state index contributed by atoms with van der Waals surface area (Å²) in [4.78, 5) is 58.1. The maximum atomic E-state index is 10.2. The third-order valence-electron chi connectivity index (χ3n) is 1.57. The van der Waals surface area contributed by atoms with Gasteiger partial charge in [-0.2, -0.15) is 17.2 Å². The summed E-state index contributed by atoms with van der Waals surface area (Å²) in [6.45, 7) is 0.262. The Kier molecular flexibility index (Phi) is 9.42. The van der Waals surface area contributed by atoms with Crippen LogP contribution in [-0.2, 0) is 13.6 Å². The fourth-order valence-corrected chi connectivity index (χ4v) is 2.02. The number of hydrogen-bond donors (Lipinski definition) is 2. The maximum absolute atomic E-state index is 10.2. The third-order valence-corrected chi connectivity index (χ3v) is 2.61. The fraction of sp³-hybridized carbons (Fsp3) is 1.00. The molecule has 17 heavy (non-hydrogen) atoms. The van der Waals surface area contributed by atoms with Crippen LogP contribution in [0.1, 0.15) is 6.92 Å². The van der Waals surface area contributed by atoms with E-state index >= 15 is 0 Å². The first-order valence-electron chi connectivity index (χ1n) is 4.10. The van der Waals surface area contributed by atoms with Gasteiger partial charge in [0, 0.05) is 5.41 Å². The van der Waals surface area contributed by atoms with E-state index in [-0.39, 0.29) is 6.61 Å². The smallest absolute Gasteiger partial charge is 0.327 e. The summed E-state index contributed by atoms with van der Waals surface area (Å²) in [5.74, 6) is 0. The Balaban J connectivity index is 4.23. The highest BCUT2D eigenvalue weighted by molar-refractivity contribution is 7.39. The van der Waals surface area contributed by atoms with Crippen LogP contribution in [0.25, 0.3) is 0 Å². The Morgan fingerprint density at radius 3 is 1.53 bits per heavy atom. The second-order valence-corrected chi connectivity index (χ2v) is 5.51. The van der Waals surface area contributed by atoms with Gasteiger partial charge in [0.1, 0.15) is 0 Å². The third kappa shape index (κ3) is 10.5. The lowest BCUT2D eigenvalue weighted by atomic mass is 9.95. The van der Waals surface area contributed by atoms with Gasteiger partial charge in [0.15, 0.2) is 0 Å². The molecule has 9 nitrogen and oxygen atoms in total. The molecular formula is C5H11O9P3-4. The number of hydrogen-bond acceptors (Lipinski definition) is 9. The monoisotopic (exact) mass is 308 g/mol. The molecule has 0 amide bonds. The van der Waals surface area contributed by atoms with E-state index in [1.165, 1.54) is 6.92 Å². The van der Waals surface area contributed by atoms with Crippen molar-refractivity contribution in [1.29, 1.82) is 0 Å². The quantitative estimate of drug-likeness (QED) is 0.427. The van der Waals surface area contributed by atoms with Crippen LogP contribution in [0.15, 0.2) is 0 Å². The summed E-state index contributed by atoms with van der Waals surface area (Å²) in [5, 5.41) is 0. The summed E-state index contributed by atoms with van der Waals surface area (Å²) in [5.41, 5.74) is -1.14. The van der Waals surface area contributed by atoms with Crippen LogP contribution in [0.2, 0.25) is 0 Å². The van der Waals surface area contributed by atoms with Gasteiger partial charge in [-0.25, -0.2) is 0 Å². The van der Waals surface area contributed by atoms with Gasteiger partial charge in [-0.3, -0.25) is 0 Å². The van der Waals surface area contributed by atoms with E-state index in [1.54, 1.807) is 0 Å². The fourth-order valence-electron chi connectivity index (χ4n) is 0.756. The summed E-state index contributed by atoms with van der Waals surface area (Å²) in [6.07, 6.45) is 0. The van der Waals surface area contributed by atoms with Gasteiger partial charge >= 0.3 is 8.60 Å². The molecule has 0 heterocycles. The normalized spacial score (nSPS) is 13.1. The first-order chi connectivity index (χ1) is 7.75. The minimum atomic E-state index is -3.10. The molecule has 0 saturated carbocycles. The van der Waals surface area contributed by atoms with E-state index in [2.05, 4.69) is 13.6 Å². The van der Waals surface area contributed by atoms with Crippen LogP contribution in [-0.4, -0.2) is 29.6 Å². The molecule has 0 aromatic heterocycles. The second-order valence-electron chi connectivity index (χ2n) is 3.33. The Morgan fingerprint density at radius 1 is 0.882 bits per heavy atom. The molecule has 12 heteroatoms. The largest absolute Gasteiger partial charge is 0.820 e. The van der Waals surface area contributed by atoms with Gasteiger partial charge in [0.25, 0.3) is 0 Å². The van der Waals surface area contributed by atoms with Gasteiger partial charge in [0.05, 0.1) is 19.8 Å². The summed E-state index contributed by atoms with van der Waals surface area (Å²) in [7, 11) is -8.83. The molecular weight excluding hydrogens is 297 g/mol. The molecule has 0 spiro atoms. The summed E-state index contributed by atoms with van der Waals surface area (Å²) >= 11 is 0. The minimum Gasteiger partial charge on any atom is -0.820 e. The minimum absolute atomic E-state index is 0.335. The Morgan fingerprint density at radius 2 is 1.24 bits per heavy atom. The van der Waals surface area contributed by atoms with Crippen LogP contribution in [0.3, 0.4) is 0 Å². The van der Waals surface area contributed by atoms with Crippen molar-refractivity contribution in [3.8, 4) is 0 Å². The molecule has 0 bridgehead atoms. The van der Waals surface area contributed by atoms with Crippen molar-refractivity contribution < 1.29 is 42.9 Å². The van der Waals surface area contributed by atoms with Crippen LogP contribution < -0.4 is 19.6 Å². The standard InChI is InChI=1S/C5H11O9P3/c1-5(2-12-15(6)7,3-13-16(8)9)4-14-17(10)11/h6-7H,2-4H2,1H3/q-4. The van der Waals surface area contributed by atoms with E-state index < -0.39 is 44.4 Å². The van der Waals surface area contributed by atoms with Gasteiger partial charge in [-0.05, 0) is 0 Å². The molecule has 0 radical (unpaired) electrons. The van der Waals surface area contributed by atoms with Crippen molar-refractivity contribution in [3.63, 3.8) is 0 Å². The lowest BCUT2D eigenvalue weighted by Gasteiger charge is -2.39. The predicted molar refractivity (Wildman–Crippen MR) is 51.2 cm³/mol. The van der Waals surface area contributed by atoms with E-state index in [1.807, 2.05) is 0 Å². The van der Waals surface area contributed by atoms with Crippen molar-refractivity contribution in [1.82, 2.24) is 0 Å². The van der Waals surface area contributed by atoms with Gasteiger partial charge in [0.2, 0.25) is 0 Å². The topological polar surface area (TPSA) is 160 Å². The molecule has 0 aliphatic rings. The second kappa shape index (κ2) is 8.93. The Hall–Kier alpha value is 0.930. The molecule has 0 rings (SSSR count). The van der Waals surface area contributed by atoms with Crippen LogP contribution in [0.5, 0.6) is 0 Å². The first kappa shape index (κ1) is 17.9. The highest BCUT2D eigenvalue weighted by Crippen LogP contribution is 2.33. The van der Waals surface area contributed by atoms with E-state index in [9.17, 15) is 19.6 Å². The predicted octanol–water partition coefficient (Wildman–Crippen LogP) is -2.85. The van der Waals surface area contributed by atoms with Gasteiger partial charge < -0.3 is 42.9 Å². The SMILES string of the molecule is CC(COP([O-])[O-])(COP([O-])[O-])COP(O)O. The molecule has 0 aromatic rings. The lowest BCUT2D eigenvalue weighted by Crippen LogP contribution is -2.34. The first-order valence-corrected chi connectivity index (χ1v) is 7.46. The highest BCUT2D eigenvalue weighted by Gasteiger charge is 2.26. The molecule has 0 aliphatic carbocycles. The molecule has 2 N–H and O–H groups in total. The molecule has 0 saturated heterocycles. The molecule has 0 atom stereocenters. The average molecular weight is 308 g/mol. The lowest BCUT2D eigenvalue weighted by molar-refractivity contribution is -0.322. The van der Waals surface area contributed by atoms with Crippen molar-refractivity contribution >= 4 is 25.8 Å². The van der Waals surface area contributed by atoms with Crippen molar-refractivity contribution in [2.45, 2.75) is 6.92 Å². The van der Waals surface area contributed by atoms with Gasteiger partial charge in [-0.15, -0.1) is 0 Å². The van der Waals surface area contributed by atoms with E-state index in [4.69, 9.17) is 9.79 Å². The molecule has 0 aliphatic heterocycles. The van der Waals surface area contributed by atoms with Crippen molar-refractivity contribution in [2.75, 3.05) is 19.8 Å². The zero-order valence-electron chi connectivity index (χ0n) is 8.72. The zero-order chi connectivity index (χ0) is 13.5. The maximum Gasteiger partial charge on any atom is 0.327 e. The van der Waals surface area contributed by atoms with Crippen LogP contribution >= 0.6 is 25.8 Å². The van der Waals surface area contributed by atoms with Crippen LogP contribution in [0, 0.1) is 5.41 Å². The van der Waals surface area contributed by atoms with Crippen molar-refractivity contribution in [3.05, 3.63) is 0 Å². The Labute approximate surface area is 102 Å². The summed E-state index contributed by atoms with van der Waals surface area (Å²) in [6, 6.07) is 0. The summed E-state index contributed by atoms with van der Waals surface area (Å²) < 4.78 is 13.1. The van der Waals surface area contributed by atoms with Crippen LogP contribution in [0.4, 0.5) is 0 Å². The molecule has 0 unspecified atom stereocenters. The molecule has 104 valence electrons. The van der Waals surface area contributed by atoms with E-state index in [0.29, 0.717) is 0 Å². The highest BCUT2D eigenvalue weighted by atomic mass is 31.2. The number of rotatable bonds is 9. The van der Waals surface area contributed by atoms with Gasteiger partial charge in [-0.1, -0.05) is 6.92 Å². The molecule has 0 fully saturated rings. The van der Waals surface area contributed by atoms with Crippen molar-refractivity contribution in [2.24, 2.45) is 5.41 Å². The average Bonchev–Trinajstić information content (AvgIpc) is 2.21. The Bertz CT molecular complexity index is 170. The zero-order valence-corrected chi connectivity index (χ0v) is 11.4. The van der Waals surface area contributed by atoms with E-state index in [0.717, 1.165) is 0 Å². The molecule has 0 aromatic carbocycles.